The number of nitrogens with one attached hydrogen (secondary N) is 2. The minimum absolute atomic E-state index is 0.255. The Hall–Kier alpha value is -0.250. The molecule has 4 nitrogen and oxygen atoms in total. The van der Waals surface area contributed by atoms with E-state index in [0.717, 1.165) is 14.2 Å². The summed E-state index contributed by atoms with van der Waals surface area (Å²) in [6.07, 6.45) is 0. The molecular formula is C13H14Br2N2O2S2. The van der Waals surface area contributed by atoms with Crippen LogP contribution in [0.3, 0.4) is 0 Å². The second-order valence-corrected chi connectivity index (χ2v) is 9.46. The number of benzene rings is 1. The van der Waals surface area contributed by atoms with Crippen LogP contribution >= 0.6 is 43.2 Å². The fourth-order valence-corrected chi connectivity index (χ4v) is 5.29. The number of rotatable bonds is 6. The van der Waals surface area contributed by atoms with Crippen LogP contribution in [0.15, 0.2) is 43.5 Å². The van der Waals surface area contributed by atoms with Crippen molar-refractivity contribution in [2.45, 2.75) is 18.0 Å². The molecule has 0 saturated carbocycles. The van der Waals surface area contributed by atoms with Gasteiger partial charge < -0.3 is 5.32 Å². The Bertz CT molecular complexity index is 730. The van der Waals surface area contributed by atoms with Crippen LogP contribution in [0.4, 0.5) is 0 Å². The molecule has 0 amide bonds. The lowest BCUT2D eigenvalue weighted by Gasteiger charge is -2.10. The SMILES string of the molecule is CNCc1ccc(Br)c(S(=O)(=O)NCc2ccc(Br)s2)c1. The van der Waals surface area contributed by atoms with Gasteiger partial charge in [-0.25, -0.2) is 13.1 Å². The average Bonchev–Trinajstić information content (AvgIpc) is 2.85. The third kappa shape index (κ3) is 4.61. The lowest BCUT2D eigenvalue weighted by atomic mass is 10.2. The number of hydrogen-bond acceptors (Lipinski definition) is 4. The first-order chi connectivity index (χ1) is 9.92. The summed E-state index contributed by atoms with van der Waals surface area (Å²) < 4.78 is 29.0. The van der Waals surface area contributed by atoms with Crippen molar-refractivity contribution < 1.29 is 8.42 Å². The molecule has 2 aromatic rings. The van der Waals surface area contributed by atoms with E-state index >= 15 is 0 Å². The van der Waals surface area contributed by atoms with Crippen LogP contribution in [0.5, 0.6) is 0 Å². The zero-order chi connectivity index (χ0) is 15.5. The topological polar surface area (TPSA) is 58.2 Å². The smallest absolute Gasteiger partial charge is 0.242 e. The van der Waals surface area contributed by atoms with Crippen molar-refractivity contribution in [2.24, 2.45) is 0 Å². The Labute approximate surface area is 145 Å². The fourth-order valence-electron chi connectivity index (χ4n) is 1.76. The second-order valence-electron chi connectivity index (χ2n) is 4.33. The second kappa shape index (κ2) is 7.34. The average molecular weight is 454 g/mol. The largest absolute Gasteiger partial charge is 0.316 e. The highest BCUT2D eigenvalue weighted by atomic mass is 79.9. The van der Waals surface area contributed by atoms with Gasteiger partial charge in [0.1, 0.15) is 0 Å². The van der Waals surface area contributed by atoms with Gasteiger partial charge in [0.15, 0.2) is 0 Å². The summed E-state index contributed by atoms with van der Waals surface area (Å²) in [6, 6.07) is 9.10. The summed E-state index contributed by atoms with van der Waals surface area (Å²) in [5.41, 5.74) is 0.917. The molecule has 2 rings (SSSR count). The third-order valence-corrected chi connectivity index (χ3v) is 6.75. The number of halogens is 2. The zero-order valence-corrected chi connectivity index (χ0v) is 16.0. The molecule has 0 fully saturated rings. The van der Waals surface area contributed by atoms with Gasteiger partial charge in [0.05, 0.1) is 8.68 Å². The highest BCUT2D eigenvalue weighted by Gasteiger charge is 2.18. The molecule has 2 N–H and O–H groups in total. The van der Waals surface area contributed by atoms with E-state index in [1.807, 2.05) is 25.2 Å². The molecule has 0 aliphatic rings. The maximum absolute atomic E-state index is 12.4. The first kappa shape index (κ1) is 17.1. The van der Waals surface area contributed by atoms with Gasteiger partial charge in [-0.3, -0.25) is 0 Å². The number of sulfonamides is 1. The Morgan fingerprint density at radius 1 is 1.14 bits per heavy atom. The van der Waals surface area contributed by atoms with E-state index in [1.54, 1.807) is 12.1 Å². The molecule has 0 aliphatic carbocycles. The molecular weight excluding hydrogens is 440 g/mol. The van der Waals surface area contributed by atoms with Crippen molar-refractivity contribution in [3.05, 3.63) is 49.0 Å². The molecule has 21 heavy (non-hydrogen) atoms. The van der Waals surface area contributed by atoms with Crippen molar-refractivity contribution in [1.29, 1.82) is 0 Å². The summed E-state index contributed by atoms with van der Waals surface area (Å²) in [5.74, 6) is 0. The van der Waals surface area contributed by atoms with E-state index in [2.05, 4.69) is 41.9 Å². The summed E-state index contributed by atoms with van der Waals surface area (Å²) in [6.45, 7) is 0.898. The molecule has 0 bridgehead atoms. The van der Waals surface area contributed by atoms with Crippen LogP contribution in [0, 0.1) is 0 Å². The highest BCUT2D eigenvalue weighted by Crippen LogP contribution is 2.25. The van der Waals surface area contributed by atoms with Gasteiger partial charge in [0.2, 0.25) is 10.0 Å². The Morgan fingerprint density at radius 3 is 2.52 bits per heavy atom. The molecule has 8 heteroatoms. The van der Waals surface area contributed by atoms with Crippen LogP contribution < -0.4 is 10.0 Å². The predicted molar refractivity (Wildman–Crippen MR) is 93.0 cm³/mol. The molecule has 0 radical (unpaired) electrons. The van der Waals surface area contributed by atoms with E-state index < -0.39 is 10.0 Å². The van der Waals surface area contributed by atoms with Crippen LogP contribution in [0.25, 0.3) is 0 Å². The minimum Gasteiger partial charge on any atom is -0.316 e. The van der Waals surface area contributed by atoms with Crippen LogP contribution in [-0.4, -0.2) is 15.5 Å². The van der Waals surface area contributed by atoms with E-state index in [9.17, 15) is 8.42 Å². The van der Waals surface area contributed by atoms with Gasteiger partial charge in [0.25, 0.3) is 0 Å². The normalized spacial score (nSPS) is 11.8. The molecule has 114 valence electrons. The predicted octanol–water partition coefficient (Wildman–Crippen LogP) is 3.47. The van der Waals surface area contributed by atoms with Crippen molar-refractivity contribution >= 4 is 53.2 Å². The van der Waals surface area contributed by atoms with E-state index in [0.29, 0.717) is 11.0 Å². The Morgan fingerprint density at radius 2 is 1.90 bits per heavy atom. The minimum atomic E-state index is -3.55. The summed E-state index contributed by atoms with van der Waals surface area (Å²) in [4.78, 5) is 1.21. The van der Waals surface area contributed by atoms with Crippen molar-refractivity contribution in [3.8, 4) is 0 Å². The van der Waals surface area contributed by atoms with E-state index in [-0.39, 0.29) is 11.4 Å². The first-order valence-electron chi connectivity index (χ1n) is 6.09. The van der Waals surface area contributed by atoms with Crippen molar-refractivity contribution in [2.75, 3.05) is 7.05 Å². The van der Waals surface area contributed by atoms with Gasteiger partial charge in [-0.15, -0.1) is 11.3 Å². The van der Waals surface area contributed by atoms with Gasteiger partial charge in [-0.1, -0.05) is 6.07 Å². The highest BCUT2D eigenvalue weighted by molar-refractivity contribution is 9.11. The van der Waals surface area contributed by atoms with E-state index in [4.69, 9.17) is 0 Å². The van der Waals surface area contributed by atoms with Crippen LogP contribution in [-0.2, 0) is 23.1 Å². The molecule has 0 unspecified atom stereocenters. The lowest BCUT2D eigenvalue weighted by molar-refractivity contribution is 0.581. The van der Waals surface area contributed by atoms with Crippen LogP contribution in [0.1, 0.15) is 10.4 Å². The van der Waals surface area contributed by atoms with Gasteiger partial charge in [0, 0.05) is 22.4 Å². The zero-order valence-electron chi connectivity index (χ0n) is 11.2. The number of hydrogen-bond donors (Lipinski definition) is 2. The molecule has 0 saturated heterocycles. The first-order valence-corrected chi connectivity index (χ1v) is 9.98. The summed E-state index contributed by atoms with van der Waals surface area (Å²) in [5, 5.41) is 3.01. The third-order valence-electron chi connectivity index (χ3n) is 2.73. The van der Waals surface area contributed by atoms with Crippen molar-refractivity contribution in [3.63, 3.8) is 0 Å². The maximum Gasteiger partial charge on any atom is 0.242 e. The fraction of sp³-hybridized carbons (Fsp3) is 0.231. The molecule has 0 spiro atoms. The molecule has 1 aromatic carbocycles. The number of thiophene rings is 1. The molecule has 1 aromatic heterocycles. The summed E-state index contributed by atoms with van der Waals surface area (Å²) in [7, 11) is -1.73. The monoisotopic (exact) mass is 452 g/mol. The molecule has 0 aliphatic heterocycles. The van der Waals surface area contributed by atoms with Crippen LogP contribution in [0.2, 0.25) is 0 Å². The quantitative estimate of drug-likeness (QED) is 0.703. The van der Waals surface area contributed by atoms with E-state index in [1.165, 1.54) is 11.3 Å². The van der Waals surface area contributed by atoms with Gasteiger partial charge in [-0.2, -0.15) is 0 Å². The molecule has 0 atom stereocenters. The van der Waals surface area contributed by atoms with Gasteiger partial charge in [-0.05, 0) is 68.7 Å². The standard InChI is InChI=1S/C13H14Br2N2O2S2/c1-16-7-9-2-4-11(14)12(6-9)21(18,19)17-8-10-3-5-13(15)20-10/h2-6,16-17H,7-8H2,1H3. The Balaban J connectivity index is 2.20. The maximum atomic E-state index is 12.4. The Kier molecular flexibility index (Phi) is 5.98. The lowest BCUT2D eigenvalue weighted by Crippen LogP contribution is -2.23. The van der Waals surface area contributed by atoms with Gasteiger partial charge >= 0.3 is 0 Å². The van der Waals surface area contributed by atoms with Crippen molar-refractivity contribution in [1.82, 2.24) is 10.0 Å². The summed E-state index contributed by atoms with van der Waals surface area (Å²) >= 11 is 8.17. The molecule has 1 heterocycles.